The molecular weight excluding hydrogens is 640 g/mol. The lowest BCUT2D eigenvalue weighted by Crippen LogP contribution is -2.39. The van der Waals surface area contributed by atoms with Gasteiger partial charge in [0, 0.05) is 42.4 Å². The highest BCUT2D eigenvalue weighted by atomic mass is 35.5. The fraction of sp³-hybridized carbons (Fsp3) is 0.424. The van der Waals surface area contributed by atoms with Crippen LogP contribution < -0.4 is 14.4 Å². The maximum Gasteiger partial charge on any atom is 0.451 e. The minimum Gasteiger partial charge on any atom is -0.444 e. The molecule has 3 saturated heterocycles. The molecular formula is C33H31ClF4N6O3. The Kier molecular flexibility index (Phi) is 7.34. The quantitative estimate of drug-likeness (QED) is 0.228. The normalized spacial score (nSPS) is 24.4. The fourth-order valence-electron chi connectivity index (χ4n) is 7.24. The molecule has 4 aliphatic rings. The number of alkyl halides is 3. The summed E-state index contributed by atoms with van der Waals surface area (Å²) in [5, 5.41) is 6.11. The monoisotopic (exact) mass is 670 g/mol. The van der Waals surface area contributed by atoms with Gasteiger partial charge in [-0.3, -0.25) is 15.0 Å². The highest BCUT2D eigenvalue weighted by molar-refractivity contribution is 6.30. The Morgan fingerprint density at radius 1 is 1.11 bits per heavy atom. The van der Waals surface area contributed by atoms with Crippen LogP contribution in [0.25, 0.3) is 11.4 Å². The summed E-state index contributed by atoms with van der Waals surface area (Å²) in [7, 11) is 0. The number of benzene rings is 2. The molecule has 9 nitrogen and oxygen atoms in total. The number of hydrogen-bond acceptors (Lipinski definition) is 8. The van der Waals surface area contributed by atoms with Crippen molar-refractivity contribution < 1.29 is 31.8 Å². The first-order chi connectivity index (χ1) is 22.5. The predicted molar refractivity (Wildman–Crippen MR) is 164 cm³/mol. The Morgan fingerprint density at radius 2 is 1.94 bits per heavy atom. The van der Waals surface area contributed by atoms with Gasteiger partial charge in [0.25, 0.3) is 5.79 Å². The molecule has 0 amide bonds. The third-order valence-electron chi connectivity index (χ3n) is 9.60. The second-order valence-corrected chi connectivity index (χ2v) is 13.1. The Hall–Kier alpha value is -3.94. The number of ether oxygens (including phenoxy) is 3. The molecule has 8 rings (SSSR count). The van der Waals surface area contributed by atoms with Crippen LogP contribution in [-0.4, -0.2) is 63.5 Å². The van der Waals surface area contributed by atoms with E-state index in [9.17, 15) is 17.6 Å². The molecule has 0 saturated carbocycles. The molecule has 6 heterocycles. The Bertz CT molecular complexity index is 1830. The second kappa shape index (κ2) is 11.3. The van der Waals surface area contributed by atoms with E-state index < -0.39 is 23.6 Å². The lowest BCUT2D eigenvalue weighted by atomic mass is 9.88. The summed E-state index contributed by atoms with van der Waals surface area (Å²) in [5.41, 5.74) is 3.45. The van der Waals surface area contributed by atoms with Gasteiger partial charge in [-0.05, 0) is 68.6 Å². The number of piperidine rings is 1. The van der Waals surface area contributed by atoms with Gasteiger partial charge in [0.05, 0.1) is 35.7 Å². The van der Waals surface area contributed by atoms with Crippen molar-refractivity contribution in [2.45, 2.75) is 62.8 Å². The van der Waals surface area contributed by atoms with Crippen molar-refractivity contribution in [3.63, 3.8) is 0 Å². The van der Waals surface area contributed by atoms with E-state index in [0.717, 1.165) is 49.3 Å². The van der Waals surface area contributed by atoms with Gasteiger partial charge in [-0.1, -0.05) is 23.7 Å². The molecule has 2 aromatic carbocycles. The van der Waals surface area contributed by atoms with Gasteiger partial charge in [-0.2, -0.15) is 18.3 Å². The van der Waals surface area contributed by atoms with Crippen molar-refractivity contribution in [1.29, 1.82) is 0 Å². The van der Waals surface area contributed by atoms with Crippen molar-refractivity contribution >= 4 is 17.3 Å². The molecule has 2 bridgehead atoms. The van der Waals surface area contributed by atoms with Crippen LogP contribution in [0.2, 0.25) is 5.02 Å². The summed E-state index contributed by atoms with van der Waals surface area (Å²) in [4.78, 5) is 13.0. The Balaban J connectivity index is 0.995. The van der Waals surface area contributed by atoms with Gasteiger partial charge < -0.3 is 19.1 Å². The number of anilines is 1. The van der Waals surface area contributed by atoms with Gasteiger partial charge in [-0.15, -0.1) is 0 Å². The zero-order valence-corrected chi connectivity index (χ0v) is 26.1. The molecule has 0 aliphatic carbocycles. The van der Waals surface area contributed by atoms with Crippen LogP contribution in [-0.2, 0) is 23.2 Å². The minimum atomic E-state index is -4.62. The summed E-state index contributed by atoms with van der Waals surface area (Å²) in [6, 6.07) is 12.3. The number of para-hydroxylation sites is 1. The minimum absolute atomic E-state index is 0.0458. The van der Waals surface area contributed by atoms with Crippen molar-refractivity contribution in [3.8, 4) is 22.9 Å². The fourth-order valence-corrected chi connectivity index (χ4v) is 7.40. The zero-order valence-electron chi connectivity index (χ0n) is 25.4. The summed E-state index contributed by atoms with van der Waals surface area (Å²) in [5.74, 6) is -1.58. The van der Waals surface area contributed by atoms with Crippen molar-refractivity contribution in [2.75, 3.05) is 31.1 Å². The molecule has 0 spiro atoms. The lowest BCUT2D eigenvalue weighted by molar-refractivity contribution is -0.144. The zero-order chi connectivity index (χ0) is 32.5. The van der Waals surface area contributed by atoms with Crippen LogP contribution >= 0.6 is 11.6 Å². The van der Waals surface area contributed by atoms with E-state index in [1.165, 1.54) is 6.07 Å². The van der Waals surface area contributed by atoms with Gasteiger partial charge >= 0.3 is 6.18 Å². The molecule has 0 unspecified atom stereocenters. The second-order valence-electron chi connectivity index (χ2n) is 12.7. The van der Waals surface area contributed by atoms with E-state index in [-0.39, 0.29) is 29.5 Å². The van der Waals surface area contributed by atoms with E-state index in [4.69, 9.17) is 30.8 Å². The van der Waals surface area contributed by atoms with Crippen molar-refractivity contribution in [2.24, 2.45) is 0 Å². The number of aromatic amines is 1. The molecule has 4 aromatic rings. The van der Waals surface area contributed by atoms with Crippen LogP contribution in [0.5, 0.6) is 11.5 Å². The predicted octanol–water partition coefficient (Wildman–Crippen LogP) is 6.68. The van der Waals surface area contributed by atoms with E-state index >= 15 is 0 Å². The van der Waals surface area contributed by atoms with E-state index in [2.05, 4.69) is 19.9 Å². The average molecular weight is 671 g/mol. The maximum atomic E-state index is 14.9. The first-order valence-corrected chi connectivity index (χ1v) is 16.0. The van der Waals surface area contributed by atoms with Crippen molar-refractivity contribution in [1.82, 2.24) is 25.1 Å². The molecule has 3 atom stereocenters. The van der Waals surface area contributed by atoms with E-state index in [0.29, 0.717) is 41.8 Å². The molecule has 0 radical (unpaired) electrons. The SMILES string of the molecule is C[C@@]1(c2ccc(Cl)cc2F)Oc2cccc(C3CCN(Cc4ncc(-c5n[nH]c(C(F)(F)F)n5)cc4N4C[C@@H]5C[C@H]4CO5)CC3)c2O1. The number of rotatable bonds is 6. The molecule has 47 heavy (non-hydrogen) atoms. The largest absolute Gasteiger partial charge is 0.451 e. The standard InChI is InChI=1S/C33H31ClF4N6O3/c1-32(24-6-5-20(34)12-25(24)35)46-28-4-2-3-23(29(28)47-32)18-7-9-43(10-8-18)16-26-27(44-15-22-13-21(44)17-45-22)11-19(14-39-26)30-40-31(42-41-30)33(36,37)38/h2-6,11-12,14,18,21-22H,7-10,13,15-17H2,1H3,(H,40,41,42)/t21-,22-,32+/m0/s1. The average Bonchev–Trinajstić information content (AvgIpc) is 3.85. The Labute approximate surface area is 272 Å². The van der Waals surface area contributed by atoms with Gasteiger partial charge in [0.2, 0.25) is 5.82 Å². The summed E-state index contributed by atoms with van der Waals surface area (Å²) in [6.45, 7) is 5.19. The third-order valence-corrected chi connectivity index (χ3v) is 9.84. The van der Waals surface area contributed by atoms with E-state index in [1.54, 1.807) is 25.3 Å². The van der Waals surface area contributed by atoms with Crippen LogP contribution in [0.1, 0.15) is 54.7 Å². The third kappa shape index (κ3) is 5.57. The molecule has 1 N–H and O–H groups in total. The first kappa shape index (κ1) is 30.4. The molecule has 4 aliphatic heterocycles. The van der Waals surface area contributed by atoms with Gasteiger partial charge in [-0.25, -0.2) is 9.37 Å². The number of morpholine rings is 1. The number of hydrogen-bond donors (Lipinski definition) is 1. The molecule has 3 fully saturated rings. The Morgan fingerprint density at radius 3 is 2.64 bits per heavy atom. The number of nitrogens with one attached hydrogen (secondary N) is 1. The highest BCUT2D eigenvalue weighted by Gasteiger charge is 2.44. The number of pyridine rings is 1. The summed E-state index contributed by atoms with van der Waals surface area (Å²) >= 11 is 5.97. The molecule has 246 valence electrons. The first-order valence-electron chi connectivity index (χ1n) is 15.6. The number of halogens is 5. The highest BCUT2D eigenvalue weighted by Crippen LogP contribution is 2.50. The number of nitrogens with zero attached hydrogens (tertiary/aromatic N) is 5. The number of likely N-dealkylation sites (tertiary alicyclic amines) is 1. The molecule has 14 heteroatoms. The topological polar surface area (TPSA) is 88.6 Å². The van der Waals surface area contributed by atoms with Crippen LogP contribution in [0.4, 0.5) is 23.2 Å². The van der Waals surface area contributed by atoms with Gasteiger partial charge in [0.15, 0.2) is 17.3 Å². The van der Waals surface area contributed by atoms with Crippen molar-refractivity contribution in [3.05, 3.63) is 82.1 Å². The number of H-pyrrole nitrogens is 1. The maximum absolute atomic E-state index is 14.9. The summed E-state index contributed by atoms with van der Waals surface area (Å²) in [6.07, 6.45) is -0.316. The summed E-state index contributed by atoms with van der Waals surface area (Å²) < 4.78 is 72.8. The van der Waals surface area contributed by atoms with Crippen LogP contribution in [0, 0.1) is 5.82 Å². The van der Waals surface area contributed by atoms with Gasteiger partial charge in [0.1, 0.15) is 5.82 Å². The molecule has 2 aromatic heterocycles. The van der Waals surface area contributed by atoms with Crippen LogP contribution in [0.3, 0.4) is 0 Å². The van der Waals surface area contributed by atoms with Crippen LogP contribution in [0.15, 0.2) is 48.7 Å². The van der Waals surface area contributed by atoms with E-state index in [1.807, 2.05) is 29.4 Å². The number of aromatic nitrogens is 4. The lowest BCUT2D eigenvalue weighted by Gasteiger charge is -2.35. The smallest absolute Gasteiger partial charge is 0.444 e. The number of fused-ring (bicyclic) bond motifs is 3.